The summed E-state index contributed by atoms with van der Waals surface area (Å²) in [6.45, 7) is 0. The molecule has 0 aliphatic carbocycles. The van der Waals surface area contributed by atoms with Gasteiger partial charge in [-0.3, -0.25) is 0 Å². The molecule has 2 N–H and O–H groups in total. The molecule has 0 heterocycles. The van der Waals surface area contributed by atoms with Crippen molar-refractivity contribution in [3.8, 4) is 11.5 Å². The Kier molecular flexibility index (Phi) is 4.07. The standard InChI is InChI=1S/C12H8BrF2NO3S/c13-9-6-8(20(16,17)18)2-4-11(9)19-12-5-7(14)1-3-10(12)15/h1-6H,(H2,16,17,18). The van der Waals surface area contributed by atoms with Crippen LogP contribution in [0.5, 0.6) is 11.5 Å². The minimum Gasteiger partial charge on any atom is -0.453 e. The number of primary sulfonamides is 1. The summed E-state index contributed by atoms with van der Waals surface area (Å²) in [4.78, 5) is -0.128. The van der Waals surface area contributed by atoms with E-state index in [0.717, 1.165) is 18.2 Å². The van der Waals surface area contributed by atoms with Gasteiger partial charge in [0.1, 0.15) is 11.6 Å². The lowest BCUT2D eigenvalue weighted by Crippen LogP contribution is -2.11. The summed E-state index contributed by atoms with van der Waals surface area (Å²) in [6, 6.07) is 6.47. The Balaban J connectivity index is 2.38. The van der Waals surface area contributed by atoms with E-state index < -0.39 is 21.7 Å². The van der Waals surface area contributed by atoms with Crippen molar-refractivity contribution >= 4 is 26.0 Å². The fraction of sp³-hybridized carbons (Fsp3) is 0. The minimum atomic E-state index is -3.85. The molecule has 8 heteroatoms. The molecule has 0 spiro atoms. The molecule has 0 amide bonds. The molecular formula is C12H8BrF2NO3S. The van der Waals surface area contributed by atoms with E-state index in [1.807, 2.05) is 0 Å². The average molecular weight is 364 g/mol. The molecule has 0 aromatic heterocycles. The number of nitrogens with two attached hydrogens (primary N) is 1. The van der Waals surface area contributed by atoms with E-state index in [1.165, 1.54) is 18.2 Å². The van der Waals surface area contributed by atoms with Gasteiger partial charge in [0.2, 0.25) is 10.0 Å². The van der Waals surface area contributed by atoms with E-state index in [0.29, 0.717) is 0 Å². The molecule has 0 saturated heterocycles. The van der Waals surface area contributed by atoms with Crippen LogP contribution in [0.3, 0.4) is 0 Å². The van der Waals surface area contributed by atoms with Crippen molar-refractivity contribution < 1.29 is 21.9 Å². The molecule has 106 valence electrons. The molecule has 2 rings (SSSR count). The zero-order valence-electron chi connectivity index (χ0n) is 9.81. The summed E-state index contributed by atoms with van der Waals surface area (Å²) in [7, 11) is -3.85. The van der Waals surface area contributed by atoms with Gasteiger partial charge in [0.05, 0.1) is 9.37 Å². The maximum atomic E-state index is 13.4. The zero-order chi connectivity index (χ0) is 14.9. The van der Waals surface area contributed by atoms with E-state index in [-0.39, 0.29) is 20.9 Å². The first-order valence-corrected chi connectivity index (χ1v) is 7.56. The van der Waals surface area contributed by atoms with Crippen LogP contribution in [0.25, 0.3) is 0 Å². The van der Waals surface area contributed by atoms with E-state index in [1.54, 1.807) is 0 Å². The largest absolute Gasteiger partial charge is 0.453 e. The predicted molar refractivity (Wildman–Crippen MR) is 71.9 cm³/mol. The van der Waals surface area contributed by atoms with Crippen molar-refractivity contribution in [3.63, 3.8) is 0 Å². The lowest BCUT2D eigenvalue weighted by Gasteiger charge is -2.09. The number of sulfonamides is 1. The number of ether oxygens (including phenoxy) is 1. The number of rotatable bonds is 3. The Morgan fingerprint density at radius 3 is 2.35 bits per heavy atom. The van der Waals surface area contributed by atoms with Crippen LogP contribution in [0.4, 0.5) is 8.78 Å². The van der Waals surface area contributed by atoms with Gasteiger partial charge in [0.15, 0.2) is 11.6 Å². The maximum absolute atomic E-state index is 13.4. The molecule has 4 nitrogen and oxygen atoms in total. The topological polar surface area (TPSA) is 69.4 Å². The smallest absolute Gasteiger partial charge is 0.238 e. The van der Waals surface area contributed by atoms with Crippen LogP contribution >= 0.6 is 15.9 Å². The van der Waals surface area contributed by atoms with Crippen LogP contribution < -0.4 is 9.88 Å². The van der Waals surface area contributed by atoms with Gasteiger partial charge in [-0.1, -0.05) is 0 Å². The molecule has 0 fully saturated rings. The van der Waals surface area contributed by atoms with Crippen molar-refractivity contribution in [2.24, 2.45) is 5.14 Å². The number of benzene rings is 2. The van der Waals surface area contributed by atoms with Crippen LogP contribution in [0.2, 0.25) is 0 Å². The average Bonchev–Trinajstić information content (AvgIpc) is 2.35. The number of hydrogen-bond donors (Lipinski definition) is 1. The Hall–Kier alpha value is -1.51. The summed E-state index contributed by atoms with van der Waals surface area (Å²) >= 11 is 3.08. The lowest BCUT2D eigenvalue weighted by molar-refractivity contribution is 0.434. The van der Waals surface area contributed by atoms with E-state index in [4.69, 9.17) is 9.88 Å². The molecule has 2 aromatic carbocycles. The maximum Gasteiger partial charge on any atom is 0.238 e. The predicted octanol–water partition coefficient (Wildman–Crippen LogP) is 3.17. The second-order valence-corrected chi connectivity index (χ2v) is 6.23. The molecular weight excluding hydrogens is 356 g/mol. The molecule has 2 aromatic rings. The van der Waals surface area contributed by atoms with Gasteiger partial charge in [-0.2, -0.15) is 0 Å². The van der Waals surface area contributed by atoms with Crippen molar-refractivity contribution in [1.82, 2.24) is 0 Å². The van der Waals surface area contributed by atoms with Gasteiger partial charge in [-0.15, -0.1) is 0 Å². The van der Waals surface area contributed by atoms with Crippen molar-refractivity contribution in [1.29, 1.82) is 0 Å². The van der Waals surface area contributed by atoms with Crippen molar-refractivity contribution in [3.05, 3.63) is 52.5 Å². The molecule has 0 radical (unpaired) electrons. The third kappa shape index (κ3) is 3.33. The van der Waals surface area contributed by atoms with E-state index in [9.17, 15) is 17.2 Å². The summed E-state index contributed by atoms with van der Waals surface area (Å²) in [5.74, 6) is -1.58. The van der Waals surface area contributed by atoms with Gasteiger partial charge < -0.3 is 4.74 Å². The number of hydrogen-bond acceptors (Lipinski definition) is 3. The minimum absolute atomic E-state index is 0.127. The van der Waals surface area contributed by atoms with Gasteiger partial charge >= 0.3 is 0 Å². The Morgan fingerprint density at radius 1 is 1.05 bits per heavy atom. The van der Waals surface area contributed by atoms with E-state index >= 15 is 0 Å². The third-order valence-corrected chi connectivity index (χ3v) is 3.88. The lowest BCUT2D eigenvalue weighted by atomic mass is 10.3. The second kappa shape index (κ2) is 5.47. The van der Waals surface area contributed by atoms with Crippen molar-refractivity contribution in [2.75, 3.05) is 0 Å². The zero-order valence-corrected chi connectivity index (χ0v) is 12.2. The van der Waals surface area contributed by atoms with Crippen LogP contribution in [0, 0.1) is 11.6 Å². The molecule has 0 aliphatic heterocycles. The van der Waals surface area contributed by atoms with Crippen LogP contribution in [0.1, 0.15) is 0 Å². The van der Waals surface area contributed by atoms with Gasteiger partial charge in [-0.25, -0.2) is 22.3 Å². The quantitative estimate of drug-likeness (QED) is 0.910. The molecule has 0 aliphatic rings. The summed E-state index contributed by atoms with van der Waals surface area (Å²) in [5, 5.41) is 4.97. The molecule has 0 bridgehead atoms. The first-order valence-electron chi connectivity index (χ1n) is 5.22. The Morgan fingerprint density at radius 2 is 1.75 bits per heavy atom. The normalized spacial score (nSPS) is 11.4. The Labute approximate surface area is 122 Å². The SMILES string of the molecule is NS(=O)(=O)c1ccc(Oc2cc(F)ccc2F)c(Br)c1. The fourth-order valence-corrected chi connectivity index (χ4v) is 2.57. The Bertz CT molecular complexity index is 765. The first-order chi connectivity index (χ1) is 9.27. The highest BCUT2D eigenvalue weighted by molar-refractivity contribution is 9.10. The molecule has 0 unspecified atom stereocenters. The van der Waals surface area contributed by atoms with Crippen LogP contribution in [-0.4, -0.2) is 8.42 Å². The van der Waals surface area contributed by atoms with Crippen molar-refractivity contribution in [2.45, 2.75) is 4.90 Å². The third-order valence-electron chi connectivity index (χ3n) is 2.35. The monoisotopic (exact) mass is 363 g/mol. The highest BCUT2D eigenvalue weighted by atomic mass is 79.9. The summed E-state index contributed by atoms with van der Waals surface area (Å²) in [6.07, 6.45) is 0. The summed E-state index contributed by atoms with van der Waals surface area (Å²) in [5.41, 5.74) is 0. The summed E-state index contributed by atoms with van der Waals surface area (Å²) < 4.78 is 54.2. The first kappa shape index (κ1) is 14.9. The van der Waals surface area contributed by atoms with Crippen LogP contribution in [-0.2, 0) is 10.0 Å². The molecule has 0 saturated carbocycles. The highest BCUT2D eigenvalue weighted by Crippen LogP contribution is 2.32. The van der Waals surface area contributed by atoms with Gasteiger partial charge in [-0.05, 0) is 46.3 Å². The van der Waals surface area contributed by atoms with Crippen LogP contribution in [0.15, 0.2) is 45.8 Å². The molecule has 20 heavy (non-hydrogen) atoms. The van der Waals surface area contributed by atoms with Gasteiger partial charge in [0.25, 0.3) is 0 Å². The second-order valence-electron chi connectivity index (χ2n) is 3.81. The fourth-order valence-electron chi connectivity index (χ4n) is 1.42. The van der Waals surface area contributed by atoms with E-state index in [2.05, 4.69) is 15.9 Å². The molecule has 0 atom stereocenters. The van der Waals surface area contributed by atoms with Gasteiger partial charge in [0, 0.05) is 6.07 Å². The number of halogens is 3. The highest BCUT2D eigenvalue weighted by Gasteiger charge is 2.13.